The fourth-order valence-electron chi connectivity index (χ4n) is 2.61. The molecule has 128 valence electrons. The van der Waals surface area contributed by atoms with Crippen molar-refractivity contribution in [3.05, 3.63) is 58.9 Å². The summed E-state index contributed by atoms with van der Waals surface area (Å²) >= 11 is 0. The molecule has 3 rings (SSSR count). The van der Waals surface area contributed by atoms with Crippen LogP contribution in [0.3, 0.4) is 0 Å². The van der Waals surface area contributed by atoms with Gasteiger partial charge in [-0.25, -0.2) is 9.18 Å². The van der Waals surface area contributed by atoms with Gasteiger partial charge in [-0.1, -0.05) is 12.1 Å². The molecule has 0 fully saturated rings. The van der Waals surface area contributed by atoms with Crippen LogP contribution in [0.25, 0.3) is 0 Å². The first-order valence-electron chi connectivity index (χ1n) is 7.73. The molecule has 0 radical (unpaired) electrons. The van der Waals surface area contributed by atoms with Crippen molar-refractivity contribution in [2.24, 2.45) is 0 Å². The number of para-hydroxylation sites is 1. The van der Waals surface area contributed by atoms with Gasteiger partial charge >= 0.3 is 6.03 Å². The van der Waals surface area contributed by atoms with Crippen LogP contribution < -0.4 is 15.4 Å². The molecule has 1 aliphatic rings. The standard InChI is InChI=1S/C18H16FN3O3/c19-15-7-12(17-14(8-15)10-24-11-25-17)5-6-21-18(23)22-16-4-2-1-3-13(16)9-20/h1-4,7-8H,5-6,10-11H2,(H2,21,22,23). The quantitative estimate of drug-likeness (QED) is 0.896. The van der Waals surface area contributed by atoms with Crippen LogP contribution in [0.2, 0.25) is 0 Å². The summed E-state index contributed by atoms with van der Waals surface area (Å²) < 4.78 is 24.3. The lowest BCUT2D eigenvalue weighted by molar-refractivity contribution is -0.0172. The van der Waals surface area contributed by atoms with Crippen LogP contribution in [0.1, 0.15) is 16.7 Å². The van der Waals surface area contributed by atoms with Gasteiger partial charge in [0.2, 0.25) is 0 Å². The minimum absolute atomic E-state index is 0.129. The lowest BCUT2D eigenvalue weighted by Gasteiger charge is -2.21. The first-order valence-corrected chi connectivity index (χ1v) is 7.73. The van der Waals surface area contributed by atoms with Gasteiger partial charge in [0.05, 0.1) is 17.9 Å². The predicted octanol–water partition coefficient (Wildman–Crippen LogP) is 2.93. The van der Waals surface area contributed by atoms with Crippen molar-refractivity contribution in [3.63, 3.8) is 0 Å². The van der Waals surface area contributed by atoms with Crippen molar-refractivity contribution in [1.82, 2.24) is 5.32 Å². The summed E-state index contributed by atoms with van der Waals surface area (Å²) in [6.45, 7) is 0.726. The Morgan fingerprint density at radius 3 is 3.00 bits per heavy atom. The predicted molar refractivity (Wildman–Crippen MR) is 88.6 cm³/mol. The Morgan fingerprint density at radius 2 is 2.16 bits per heavy atom. The monoisotopic (exact) mass is 341 g/mol. The zero-order valence-electron chi connectivity index (χ0n) is 13.3. The normalized spacial score (nSPS) is 12.5. The number of benzene rings is 2. The molecule has 1 aliphatic heterocycles. The second-order valence-electron chi connectivity index (χ2n) is 5.45. The highest BCUT2D eigenvalue weighted by atomic mass is 19.1. The molecule has 2 aromatic rings. The van der Waals surface area contributed by atoms with E-state index in [2.05, 4.69) is 10.6 Å². The number of hydrogen-bond donors (Lipinski definition) is 2. The molecule has 2 N–H and O–H groups in total. The summed E-state index contributed by atoms with van der Waals surface area (Å²) in [6, 6.07) is 11.1. The summed E-state index contributed by atoms with van der Waals surface area (Å²) in [5.41, 5.74) is 2.15. The van der Waals surface area contributed by atoms with Crippen molar-refractivity contribution in [1.29, 1.82) is 5.26 Å². The van der Waals surface area contributed by atoms with Crippen LogP contribution in [0.5, 0.6) is 5.75 Å². The number of anilines is 1. The van der Waals surface area contributed by atoms with Crippen LogP contribution in [-0.4, -0.2) is 19.4 Å². The Kier molecular flexibility index (Phi) is 5.11. The zero-order chi connectivity index (χ0) is 17.6. The number of amides is 2. The van der Waals surface area contributed by atoms with Gasteiger partial charge in [-0.05, 0) is 36.2 Å². The van der Waals surface area contributed by atoms with Crippen molar-refractivity contribution in [2.45, 2.75) is 13.0 Å². The average Bonchev–Trinajstić information content (AvgIpc) is 2.62. The Balaban J connectivity index is 1.59. The second-order valence-corrected chi connectivity index (χ2v) is 5.45. The fraction of sp³-hybridized carbons (Fsp3) is 0.222. The van der Waals surface area contributed by atoms with Crippen molar-refractivity contribution in [3.8, 4) is 11.8 Å². The first kappa shape index (κ1) is 16.7. The summed E-state index contributed by atoms with van der Waals surface area (Å²) in [5.74, 6) is 0.250. The van der Waals surface area contributed by atoms with Gasteiger partial charge in [-0.15, -0.1) is 0 Å². The van der Waals surface area contributed by atoms with E-state index in [1.807, 2.05) is 6.07 Å². The SMILES string of the molecule is N#Cc1ccccc1NC(=O)NCCc1cc(F)cc2c1OCOC2. The highest BCUT2D eigenvalue weighted by Crippen LogP contribution is 2.29. The fourth-order valence-corrected chi connectivity index (χ4v) is 2.61. The van der Waals surface area contributed by atoms with E-state index in [-0.39, 0.29) is 12.6 Å². The van der Waals surface area contributed by atoms with E-state index < -0.39 is 6.03 Å². The van der Waals surface area contributed by atoms with Gasteiger partial charge in [-0.3, -0.25) is 0 Å². The molecule has 0 aliphatic carbocycles. The van der Waals surface area contributed by atoms with Crippen LogP contribution >= 0.6 is 0 Å². The molecule has 0 atom stereocenters. The third-order valence-corrected chi connectivity index (χ3v) is 3.73. The van der Waals surface area contributed by atoms with E-state index in [0.717, 1.165) is 0 Å². The van der Waals surface area contributed by atoms with Crippen LogP contribution in [0.15, 0.2) is 36.4 Å². The van der Waals surface area contributed by atoms with Crippen LogP contribution in [0, 0.1) is 17.1 Å². The molecule has 25 heavy (non-hydrogen) atoms. The van der Waals surface area contributed by atoms with Crippen molar-refractivity contribution in [2.75, 3.05) is 18.7 Å². The lowest BCUT2D eigenvalue weighted by atomic mass is 10.1. The zero-order valence-corrected chi connectivity index (χ0v) is 13.3. The third kappa shape index (κ3) is 4.05. The number of carbonyl (C=O) groups excluding carboxylic acids is 1. The number of halogens is 1. The molecule has 1 heterocycles. The number of carbonyl (C=O) groups is 1. The molecule has 0 bridgehead atoms. The maximum absolute atomic E-state index is 13.7. The smallest absolute Gasteiger partial charge is 0.319 e. The van der Waals surface area contributed by atoms with Crippen LogP contribution in [0.4, 0.5) is 14.9 Å². The average molecular weight is 341 g/mol. The molecule has 0 saturated carbocycles. The number of ether oxygens (including phenoxy) is 2. The number of fused-ring (bicyclic) bond motifs is 1. The van der Waals surface area contributed by atoms with E-state index in [0.29, 0.717) is 47.7 Å². The number of nitrogens with one attached hydrogen (secondary N) is 2. The molecular formula is C18H16FN3O3. The molecule has 0 saturated heterocycles. The number of urea groups is 1. The molecular weight excluding hydrogens is 325 g/mol. The highest BCUT2D eigenvalue weighted by molar-refractivity contribution is 5.90. The van der Waals surface area contributed by atoms with E-state index in [4.69, 9.17) is 14.7 Å². The van der Waals surface area contributed by atoms with Gasteiger partial charge in [0.25, 0.3) is 0 Å². The summed E-state index contributed by atoms with van der Waals surface area (Å²) in [7, 11) is 0. The highest BCUT2D eigenvalue weighted by Gasteiger charge is 2.17. The van der Waals surface area contributed by atoms with E-state index >= 15 is 0 Å². The van der Waals surface area contributed by atoms with E-state index in [1.54, 1.807) is 24.3 Å². The molecule has 0 spiro atoms. The minimum Gasteiger partial charge on any atom is -0.467 e. The number of nitriles is 1. The third-order valence-electron chi connectivity index (χ3n) is 3.73. The molecule has 6 nitrogen and oxygen atoms in total. The number of hydrogen-bond acceptors (Lipinski definition) is 4. The maximum Gasteiger partial charge on any atom is 0.319 e. The summed E-state index contributed by atoms with van der Waals surface area (Å²) in [6.07, 6.45) is 0.410. The van der Waals surface area contributed by atoms with Gasteiger partial charge in [0.15, 0.2) is 6.79 Å². The molecule has 0 aromatic heterocycles. The summed E-state index contributed by atoms with van der Waals surface area (Å²) in [4.78, 5) is 12.0. The Labute approximate surface area is 144 Å². The van der Waals surface area contributed by atoms with Crippen molar-refractivity contribution < 1.29 is 18.7 Å². The maximum atomic E-state index is 13.7. The molecule has 0 unspecified atom stereocenters. The van der Waals surface area contributed by atoms with Gasteiger partial charge in [0.1, 0.15) is 17.6 Å². The van der Waals surface area contributed by atoms with Gasteiger partial charge in [0, 0.05) is 12.1 Å². The lowest BCUT2D eigenvalue weighted by Crippen LogP contribution is -2.31. The van der Waals surface area contributed by atoms with E-state index in [1.165, 1.54) is 12.1 Å². The van der Waals surface area contributed by atoms with Gasteiger partial charge in [-0.2, -0.15) is 5.26 Å². The number of rotatable bonds is 4. The van der Waals surface area contributed by atoms with Crippen LogP contribution in [-0.2, 0) is 17.8 Å². The minimum atomic E-state index is -0.433. The molecule has 2 amide bonds. The Bertz CT molecular complexity index is 833. The topological polar surface area (TPSA) is 83.4 Å². The first-order chi connectivity index (χ1) is 12.2. The van der Waals surface area contributed by atoms with Gasteiger partial charge < -0.3 is 20.1 Å². The summed E-state index contributed by atoms with van der Waals surface area (Å²) in [5, 5.41) is 14.3. The second kappa shape index (κ2) is 7.64. The van der Waals surface area contributed by atoms with E-state index in [9.17, 15) is 9.18 Å². The number of nitrogens with zero attached hydrogens (tertiary/aromatic N) is 1. The largest absolute Gasteiger partial charge is 0.467 e. The molecule has 7 heteroatoms. The molecule has 2 aromatic carbocycles. The Hall–Kier alpha value is -3.11. The van der Waals surface area contributed by atoms with Crippen molar-refractivity contribution >= 4 is 11.7 Å². The Morgan fingerprint density at radius 1 is 1.32 bits per heavy atom.